The highest BCUT2D eigenvalue weighted by atomic mass is 16.6. The molecule has 8 nitrogen and oxygen atoms in total. The molecule has 0 rings (SSSR count). The number of methoxy groups -OCH3 is 1. The topological polar surface area (TPSA) is 105 Å². The van der Waals surface area contributed by atoms with Gasteiger partial charge >= 0.3 is 12.1 Å². The summed E-state index contributed by atoms with van der Waals surface area (Å²) in [6.45, 7) is 0.284. The Kier molecular flexibility index (Phi) is 9.61. The zero-order valence-electron chi connectivity index (χ0n) is 12.5. The number of carbonyl (C=O) groups is 3. The van der Waals surface area contributed by atoms with Crippen LogP contribution in [0.5, 0.6) is 0 Å². The minimum absolute atomic E-state index is 0.0475. The second-order valence-electron chi connectivity index (χ2n) is 4.38. The van der Waals surface area contributed by atoms with Gasteiger partial charge < -0.3 is 24.8 Å². The van der Waals surface area contributed by atoms with Gasteiger partial charge in [-0.05, 0) is 18.9 Å². The molecule has 0 unspecified atom stereocenters. The summed E-state index contributed by atoms with van der Waals surface area (Å²) in [5.41, 5.74) is 0. The molecule has 0 saturated carbocycles. The molecule has 0 aliphatic carbocycles. The number of nitrogens with one attached hydrogen (secondary N) is 1. The maximum atomic E-state index is 11.3. The van der Waals surface area contributed by atoms with E-state index < -0.39 is 18.1 Å². The molecule has 0 aliphatic rings. The van der Waals surface area contributed by atoms with E-state index in [1.54, 1.807) is 20.2 Å². The molecule has 1 atom stereocenters. The third-order valence-electron chi connectivity index (χ3n) is 2.43. The van der Waals surface area contributed by atoms with Crippen LogP contribution in [0.1, 0.15) is 12.8 Å². The average molecular weight is 302 g/mol. The number of carbonyl (C=O) groups excluding carboxylic acids is 2. The molecular formula is C13H22N2O6. The molecule has 0 spiro atoms. The van der Waals surface area contributed by atoms with Gasteiger partial charge in [-0.15, -0.1) is 0 Å². The quantitative estimate of drug-likeness (QED) is 0.467. The largest absolute Gasteiger partial charge is 0.480 e. The van der Waals surface area contributed by atoms with Crippen LogP contribution in [0.2, 0.25) is 0 Å². The van der Waals surface area contributed by atoms with Crippen molar-refractivity contribution >= 4 is 18.0 Å². The van der Waals surface area contributed by atoms with Crippen molar-refractivity contribution in [3.63, 3.8) is 0 Å². The first-order valence-corrected chi connectivity index (χ1v) is 6.41. The number of hydrogen-bond donors (Lipinski definition) is 2. The Bertz CT molecular complexity index is 381. The molecule has 8 heteroatoms. The van der Waals surface area contributed by atoms with E-state index in [4.69, 9.17) is 14.6 Å². The molecule has 0 saturated heterocycles. The zero-order chi connectivity index (χ0) is 16.3. The Morgan fingerprint density at radius 2 is 1.95 bits per heavy atom. The van der Waals surface area contributed by atoms with E-state index in [2.05, 4.69) is 5.32 Å². The summed E-state index contributed by atoms with van der Waals surface area (Å²) in [5, 5.41) is 11.2. The smallest absolute Gasteiger partial charge is 0.407 e. The van der Waals surface area contributed by atoms with Gasteiger partial charge in [0.15, 0.2) is 0 Å². The first-order valence-electron chi connectivity index (χ1n) is 6.41. The average Bonchev–Trinajstić information content (AvgIpc) is 2.41. The second-order valence-corrected chi connectivity index (χ2v) is 4.38. The van der Waals surface area contributed by atoms with Crippen LogP contribution in [-0.2, 0) is 19.1 Å². The number of nitrogens with zero attached hydrogens (tertiary/aromatic N) is 1. The number of allylic oxidation sites excluding steroid dienone is 1. The predicted octanol–water partition coefficient (Wildman–Crippen LogP) is 0.237. The summed E-state index contributed by atoms with van der Waals surface area (Å²) in [6.07, 6.45) is 2.61. The first kappa shape index (κ1) is 18.9. The molecule has 0 bridgehead atoms. The van der Waals surface area contributed by atoms with Gasteiger partial charge in [0.05, 0.1) is 6.61 Å². The summed E-state index contributed by atoms with van der Waals surface area (Å²) < 4.78 is 9.42. The highest BCUT2D eigenvalue weighted by molar-refractivity contribution is 5.87. The number of carboxylic acid groups (broad SMARTS) is 1. The number of likely N-dealkylation sites (N-methyl/N-ethyl adjacent to an activating group) is 1. The van der Waals surface area contributed by atoms with Gasteiger partial charge in [0.25, 0.3) is 0 Å². The van der Waals surface area contributed by atoms with Gasteiger partial charge in [-0.3, -0.25) is 4.79 Å². The van der Waals surface area contributed by atoms with E-state index in [1.807, 2.05) is 0 Å². The van der Waals surface area contributed by atoms with Crippen LogP contribution < -0.4 is 5.32 Å². The van der Waals surface area contributed by atoms with Crippen molar-refractivity contribution in [3.05, 3.63) is 12.2 Å². The fourth-order valence-corrected chi connectivity index (χ4v) is 1.26. The maximum absolute atomic E-state index is 11.3. The van der Waals surface area contributed by atoms with Gasteiger partial charge in [0, 0.05) is 21.2 Å². The Hall–Kier alpha value is -2.09. The number of alkyl carbamates (subject to hydrolysis) is 1. The van der Waals surface area contributed by atoms with Crippen LogP contribution in [0.3, 0.4) is 0 Å². The van der Waals surface area contributed by atoms with E-state index in [9.17, 15) is 14.4 Å². The monoisotopic (exact) mass is 302 g/mol. The standard InChI is InChI=1S/C13H22N2O6/c1-15(2)11(16)7-5-4-6-10(12(17)18)14-13(19)21-9-8-20-3/h5,7,10H,4,6,8-9H2,1-3H3,(H,14,19)(H,17,18)/b7-5+/t10-/m0/s1. The Morgan fingerprint density at radius 3 is 2.48 bits per heavy atom. The number of rotatable bonds is 9. The maximum Gasteiger partial charge on any atom is 0.407 e. The normalized spacial score (nSPS) is 12.0. The van der Waals surface area contributed by atoms with Crippen molar-refractivity contribution in [1.29, 1.82) is 0 Å². The third-order valence-corrected chi connectivity index (χ3v) is 2.43. The summed E-state index contributed by atoms with van der Waals surface area (Å²) in [5.74, 6) is -1.35. The zero-order valence-corrected chi connectivity index (χ0v) is 12.5. The van der Waals surface area contributed by atoms with Crippen molar-refractivity contribution < 1.29 is 29.0 Å². The fraction of sp³-hybridized carbons (Fsp3) is 0.615. The van der Waals surface area contributed by atoms with Crippen molar-refractivity contribution in [2.24, 2.45) is 0 Å². The second kappa shape index (κ2) is 10.7. The van der Waals surface area contributed by atoms with Crippen molar-refractivity contribution in [1.82, 2.24) is 10.2 Å². The van der Waals surface area contributed by atoms with Gasteiger partial charge in [-0.2, -0.15) is 0 Å². The fourth-order valence-electron chi connectivity index (χ4n) is 1.26. The predicted molar refractivity (Wildman–Crippen MR) is 74.9 cm³/mol. The van der Waals surface area contributed by atoms with Gasteiger partial charge in [-0.25, -0.2) is 9.59 Å². The van der Waals surface area contributed by atoms with E-state index in [0.717, 1.165) is 0 Å². The summed E-state index contributed by atoms with van der Waals surface area (Å²) in [4.78, 5) is 35.0. The van der Waals surface area contributed by atoms with Crippen molar-refractivity contribution in [2.75, 3.05) is 34.4 Å². The van der Waals surface area contributed by atoms with E-state index in [-0.39, 0.29) is 25.5 Å². The summed E-state index contributed by atoms with van der Waals surface area (Å²) in [6, 6.07) is -1.07. The number of amides is 2. The molecule has 2 N–H and O–H groups in total. The number of ether oxygens (including phenoxy) is 2. The first-order chi connectivity index (χ1) is 9.88. The number of aliphatic carboxylic acids is 1. The van der Waals surface area contributed by atoms with Crippen LogP contribution in [0.4, 0.5) is 4.79 Å². The molecule has 0 aromatic rings. The molecule has 0 aromatic carbocycles. The molecular weight excluding hydrogens is 280 g/mol. The molecule has 0 heterocycles. The lowest BCUT2D eigenvalue weighted by atomic mass is 10.1. The summed E-state index contributed by atoms with van der Waals surface area (Å²) >= 11 is 0. The van der Waals surface area contributed by atoms with E-state index in [1.165, 1.54) is 18.1 Å². The van der Waals surface area contributed by atoms with Crippen LogP contribution in [0.15, 0.2) is 12.2 Å². The van der Waals surface area contributed by atoms with Crippen LogP contribution in [0.25, 0.3) is 0 Å². The van der Waals surface area contributed by atoms with Gasteiger partial charge in [-0.1, -0.05) is 6.08 Å². The summed E-state index contributed by atoms with van der Waals surface area (Å²) in [7, 11) is 4.69. The third kappa shape index (κ3) is 9.44. The Labute approximate surface area is 123 Å². The van der Waals surface area contributed by atoms with Crippen LogP contribution in [0, 0.1) is 0 Å². The number of hydrogen-bond acceptors (Lipinski definition) is 5. The van der Waals surface area contributed by atoms with Crippen molar-refractivity contribution in [3.8, 4) is 0 Å². The number of carboxylic acids is 1. The van der Waals surface area contributed by atoms with E-state index >= 15 is 0 Å². The molecule has 0 aromatic heterocycles. The van der Waals surface area contributed by atoms with Crippen LogP contribution in [-0.4, -0.2) is 68.4 Å². The van der Waals surface area contributed by atoms with E-state index in [0.29, 0.717) is 6.42 Å². The molecule has 120 valence electrons. The SMILES string of the molecule is COCCOC(=O)N[C@@H](CC/C=C/C(=O)N(C)C)C(=O)O. The molecule has 0 fully saturated rings. The van der Waals surface area contributed by atoms with Gasteiger partial charge in [0.2, 0.25) is 5.91 Å². The Morgan fingerprint density at radius 1 is 1.29 bits per heavy atom. The minimum Gasteiger partial charge on any atom is -0.480 e. The Balaban J connectivity index is 4.17. The van der Waals surface area contributed by atoms with Crippen LogP contribution >= 0.6 is 0 Å². The lowest BCUT2D eigenvalue weighted by Gasteiger charge is -2.13. The highest BCUT2D eigenvalue weighted by Crippen LogP contribution is 2.00. The van der Waals surface area contributed by atoms with Gasteiger partial charge in [0.1, 0.15) is 12.6 Å². The lowest BCUT2D eigenvalue weighted by molar-refractivity contribution is -0.139. The molecule has 0 radical (unpaired) electrons. The highest BCUT2D eigenvalue weighted by Gasteiger charge is 2.19. The lowest BCUT2D eigenvalue weighted by Crippen LogP contribution is -2.41. The molecule has 0 aliphatic heterocycles. The minimum atomic E-state index is -1.16. The van der Waals surface area contributed by atoms with Crippen molar-refractivity contribution in [2.45, 2.75) is 18.9 Å². The molecule has 2 amide bonds. The molecule has 21 heavy (non-hydrogen) atoms.